The highest BCUT2D eigenvalue weighted by Crippen LogP contribution is 2.16. The molecule has 0 radical (unpaired) electrons. The van der Waals surface area contributed by atoms with E-state index in [1.165, 1.54) is 5.56 Å². The van der Waals surface area contributed by atoms with Crippen LogP contribution < -0.4 is 5.32 Å². The van der Waals surface area contributed by atoms with Gasteiger partial charge in [0.25, 0.3) is 0 Å². The Kier molecular flexibility index (Phi) is 4.48. The molecule has 1 aromatic heterocycles. The number of benzene rings is 1. The molecule has 6 nitrogen and oxygen atoms in total. The van der Waals surface area contributed by atoms with E-state index in [0.717, 1.165) is 18.4 Å². The third-order valence-electron chi connectivity index (χ3n) is 3.64. The Balaban J connectivity index is 1.51. The predicted molar refractivity (Wildman–Crippen MR) is 80.2 cm³/mol. The van der Waals surface area contributed by atoms with Crippen LogP contribution in [-0.2, 0) is 16.0 Å². The zero-order chi connectivity index (χ0) is 15.4. The molecule has 2 aromatic rings. The Bertz CT molecular complexity index is 630. The fourth-order valence-electron chi connectivity index (χ4n) is 2.37. The van der Waals surface area contributed by atoms with Crippen LogP contribution in [0.3, 0.4) is 0 Å². The molecule has 1 fully saturated rings. The number of hydrogen-bond acceptors (Lipinski definition) is 5. The molecule has 22 heavy (non-hydrogen) atoms. The van der Waals surface area contributed by atoms with Crippen LogP contribution in [0.5, 0.6) is 0 Å². The lowest BCUT2D eigenvalue weighted by molar-refractivity contribution is -0.130. The minimum atomic E-state index is -0.300. The van der Waals surface area contributed by atoms with Crippen molar-refractivity contribution in [1.82, 2.24) is 15.5 Å². The van der Waals surface area contributed by atoms with Gasteiger partial charge in [0.2, 0.25) is 17.6 Å². The topological polar surface area (TPSA) is 77.2 Å². The highest BCUT2D eigenvalue weighted by atomic mass is 16.5. The summed E-state index contributed by atoms with van der Waals surface area (Å²) in [6.45, 7) is 3.16. The number of hydrogen-bond donors (Lipinski definition) is 1. The lowest BCUT2D eigenvalue weighted by Crippen LogP contribution is -2.35. The number of amides is 1. The molecule has 1 saturated heterocycles. The molecule has 0 saturated carbocycles. The second kappa shape index (κ2) is 6.70. The molecule has 0 aliphatic carbocycles. The first-order valence-corrected chi connectivity index (χ1v) is 7.51. The quantitative estimate of drug-likeness (QED) is 0.912. The van der Waals surface area contributed by atoms with Crippen molar-refractivity contribution in [3.05, 3.63) is 35.7 Å². The van der Waals surface area contributed by atoms with Crippen LogP contribution in [0.1, 0.15) is 24.3 Å². The van der Waals surface area contributed by atoms with Crippen molar-refractivity contribution in [3.63, 3.8) is 0 Å². The highest BCUT2D eigenvalue weighted by Gasteiger charge is 2.23. The van der Waals surface area contributed by atoms with Crippen molar-refractivity contribution in [2.24, 2.45) is 0 Å². The summed E-state index contributed by atoms with van der Waals surface area (Å²) >= 11 is 0. The summed E-state index contributed by atoms with van der Waals surface area (Å²) in [7, 11) is 0. The maximum absolute atomic E-state index is 11.8. The van der Waals surface area contributed by atoms with Gasteiger partial charge in [-0.05, 0) is 19.8 Å². The van der Waals surface area contributed by atoms with Crippen molar-refractivity contribution in [2.45, 2.75) is 32.3 Å². The van der Waals surface area contributed by atoms with Crippen LogP contribution in [0.2, 0.25) is 0 Å². The fourth-order valence-corrected chi connectivity index (χ4v) is 2.37. The SMILES string of the molecule is Cc1ccc(-c2noc(CCNC(=O)[C@H]3CCCO3)n2)cc1. The van der Waals surface area contributed by atoms with Crippen LogP contribution in [0.15, 0.2) is 28.8 Å². The summed E-state index contributed by atoms with van der Waals surface area (Å²) in [6.07, 6.45) is 1.95. The summed E-state index contributed by atoms with van der Waals surface area (Å²) < 4.78 is 10.5. The van der Waals surface area contributed by atoms with Gasteiger partial charge in [0.1, 0.15) is 6.10 Å². The molecule has 0 spiro atoms. The number of carbonyl (C=O) groups excluding carboxylic acids is 1. The van der Waals surface area contributed by atoms with Gasteiger partial charge in [0, 0.05) is 25.1 Å². The molecule has 1 atom stereocenters. The average Bonchev–Trinajstić information content (AvgIpc) is 3.19. The first-order chi connectivity index (χ1) is 10.7. The van der Waals surface area contributed by atoms with Crippen LogP contribution in [0, 0.1) is 6.92 Å². The van der Waals surface area contributed by atoms with Crippen molar-refractivity contribution in [2.75, 3.05) is 13.2 Å². The fraction of sp³-hybridized carbons (Fsp3) is 0.438. The largest absolute Gasteiger partial charge is 0.368 e. The van der Waals surface area contributed by atoms with E-state index in [2.05, 4.69) is 15.5 Å². The summed E-state index contributed by atoms with van der Waals surface area (Å²) in [4.78, 5) is 16.1. The maximum atomic E-state index is 11.8. The number of rotatable bonds is 5. The number of nitrogens with one attached hydrogen (secondary N) is 1. The minimum Gasteiger partial charge on any atom is -0.368 e. The minimum absolute atomic E-state index is 0.0595. The molecular weight excluding hydrogens is 282 g/mol. The van der Waals surface area contributed by atoms with E-state index in [0.29, 0.717) is 31.3 Å². The summed E-state index contributed by atoms with van der Waals surface area (Å²) in [6, 6.07) is 7.94. The van der Waals surface area contributed by atoms with Crippen molar-refractivity contribution >= 4 is 5.91 Å². The van der Waals surface area contributed by atoms with Gasteiger partial charge in [-0.25, -0.2) is 0 Å². The van der Waals surface area contributed by atoms with Gasteiger partial charge < -0.3 is 14.6 Å². The normalized spacial score (nSPS) is 17.6. The Labute approximate surface area is 128 Å². The number of aromatic nitrogens is 2. The van der Waals surface area contributed by atoms with Crippen LogP contribution in [0.4, 0.5) is 0 Å². The van der Waals surface area contributed by atoms with Crippen molar-refractivity contribution < 1.29 is 14.1 Å². The molecule has 1 aliphatic heterocycles. The van der Waals surface area contributed by atoms with E-state index < -0.39 is 0 Å². The van der Waals surface area contributed by atoms with Gasteiger partial charge >= 0.3 is 0 Å². The molecular formula is C16H19N3O3. The number of ether oxygens (including phenoxy) is 1. The van der Waals surface area contributed by atoms with E-state index >= 15 is 0 Å². The monoisotopic (exact) mass is 301 g/mol. The third-order valence-corrected chi connectivity index (χ3v) is 3.64. The van der Waals surface area contributed by atoms with Crippen LogP contribution in [0.25, 0.3) is 11.4 Å². The molecule has 6 heteroatoms. The number of aryl methyl sites for hydroxylation is 1. The molecule has 1 amide bonds. The summed E-state index contributed by atoms with van der Waals surface area (Å²) in [5.74, 6) is 1.03. The first-order valence-electron chi connectivity index (χ1n) is 7.51. The lowest BCUT2D eigenvalue weighted by Gasteiger charge is -2.08. The zero-order valence-electron chi connectivity index (χ0n) is 12.5. The first kappa shape index (κ1) is 14.7. The third kappa shape index (κ3) is 3.51. The lowest BCUT2D eigenvalue weighted by atomic mass is 10.1. The second-order valence-electron chi connectivity index (χ2n) is 5.42. The Morgan fingerprint density at radius 2 is 2.18 bits per heavy atom. The van der Waals surface area contributed by atoms with Crippen LogP contribution >= 0.6 is 0 Å². The molecule has 3 rings (SSSR count). The van der Waals surface area contributed by atoms with Crippen molar-refractivity contribution in [1.29, 1.82) is 0 Å². The molecule has 116 valence electrons. The van der Waals surface area contributed by atoms with Gasteiger partial charge in [0.05, 0.1) is 0 Å². The Morgan fingerprint density at radius 3 is 2.91 bits per heavy atom. The Morgan fingerprint density at radius 1 is 1.36 bits per heavy atom. The van der Waals surface area contributed by atoms with Gasteiger partial charge in [-0.15, -0.1) is 0 Å². The van der Waals surface area contributed by atoms with Gasteiger partial charge in [-0.1, -0.05) is 35.0 Å². The predicted octanol–water partition coefficient (Wildman–Crippen LogP) is 1.88. The molecule has 2 heterocycles. The molecule has 1 N–H and O–H groups in total. The van der Waals surface area contributed by atoms with E-state index in [-0.39, 0.29) is 12.0 Å². The Hall–Kier alpha value is -2.21. The van der Waals surface area contributed by atoms with E-state index in [4.69, 9.17) is 9.26 Å². The van der Waals surface area contributed by atoms with E-state index in [9.17, 15) is 4.79 Å². The number of nitrogens with zero attached hydrogens (tertiary/aromatic N) is 2. The second-order valence-corrected chi connectivity index (χ2v) is 5.42. The van der Waals surface area contributed by atoms with Gasteiger partial charge in [-0.3, -0.25) is 4.79 Å². The smallest absolute Gasteiger partial charge is 0.249 e. The average molecular weight is 301 g/mol. The molecule has 1 aliphatic rings. The number of carbonyl (C=O) groups is 1. The van der Waals surface area contributed by atoms with Crippen LogP contribution in [-0.4, -0.2) is 35.3 Å². The van der Waals surface area contributed by atoms with E-state index in [1.807, 2.05) is 31.2 Å². The summed E-state index contributed by atoms with van der Waals surface area (Å²) in [5.41, 5.74) is 2.10. The standard InChI is InChI=1S/C16H19N3O3/c1-11-4-6-12(7-5-11)15-18-14(22-19-15)8-9-17-16(20)13-3-2-10-21-13/h4-7,13H,2-3,8-10H2,1H3,(H,17,20)/t13-/m1/s1. The molecule has 0 bridgehead atoms. The zero-order valence-corrected chi connectivity index (χ0v) is 12.5. The maximum Gasteiger partial charge on any atom is 0.249 e. The van der Waals surface area contributed by atoms with Gasteiger partial charge in [-0.2, -0.15) is 4.98 Å². The molecule has 0 unspecified atom stereocenters. The van der Waals surface area contributed by atoms with E-state index in [1.54, 1.807) is 0 Å². The van der Waals surface area contributed by atoms with Crippen molar-refractivity contribution in [3.8, 4) is 11.4 Å². The van der Waals surface area contributed by atoms with Gasteiger partial charge in [0.15, 0.2) is 0 Å². The molecule has 1 aromatic carbocycles. The highest BCUT2D eigenvalue weighted by molar-refractivity contribution is 5.80. The summed E-state index contributed by atoms with van der Waals surface area (Å²) in [5, 5.41) is 6.81.